The molecule has 0 saturated heterocycles. The van der Waals surface area contributed by atoms with Gasteiger partial charge in [-0.05, 0) is 24.6 Å². The predicted octanol–water partition coefficient (Wildman–Crippen LogP) is 3.72. The Morgan fingerprint density at radius 2 is 2.08 bits per heavy atom. The number of hydrogen-bond donors (Lipinski definition) is 2. The van der Waals surface area contributed by atoms with Crippen LogP contribution in [0, 0.1) is 6.92 Å². The first kappa shape index (κ1) is 16.6. The van der Waals surface area contributed by atoms with Gasteiger partial charge in [-0.15, -0.1) is 10.2 Å². The second-order valence-corrected chi connectivity index (χ2v) is 7.10. The van der Waals surface area contributed by atoms with Crippen LogP contribution in [0.1, 0.15) is 40.7 Å². The van der Waals surface area contributed by atoms with Crippen LogP contribution in [0.25, 0.3) is 10.9 Å². The Hall–Kier alpha value is -2.25. The van der Waals surface area contributed by atoms with Gasteiger partial charge in [0.1, 0.15) is 10.6 Å². The number of aromatic amines is 1. The van der Waals surface area contributed by atoms with Crippen LogP contribution in [0.2, 0.25) is 5.02 Å². The highest BCUT2D eigenvalue weighted by Gasteiger charge is 2.17. The number of amides is 1. The third-order valence-electron chi connectivity index (χ3n) is 3.65. The van der Waals surface area contributed by atoms with Crippen LogP contribution in [-0.2, 0) is 0 Å². The fourth-order valence-corrected chi connectivity index (χ4v) is 3.17. The molecule has 0 fully saturated rings. The summed E-state index contributed by atoms with van der Waals surface area (Å²) in [6.07, 6.45) is 1.40. The zero-order chi connectivity index (χ0) is 17.4. The molecule has 2 heterocycles. The molecule has 24 heavy (non-hydrogen) atoms. The highest BCUT2D eigenvalue weighted by atomic mass is 35.5. The van der Waals surface area contributed by atoms with Gasteiger partial charge in [0.05, 0.1) is 5.52 Å². The maximum absolute atomic E-state index is 12.6. The number of fused-ring (bicyclic) bond motifs is 1. The van der Waals surface area contributed by atoms with Crippen LogP contribution in [0.5, 0.6) is 0 Å². The number of carbonyl (C=O) groups is 1. The number of H-pyrrole nitrogens is 1. The fourth-order valence-electron chi connectivity index (χ4n) is 2.27. The summed E-state index contributed by atoms with van der Waals surface area (Å²) in [5.74, 6) is -0.290. The first-order valence-electron chi connectivity index (χ1n) is 7.33. The van der Waals surface area contributed by atoms with E-state index in [9.17, 15) is 9.59 Å². The van der Waals surface area contributed by atoms with Crippen molar-refractivity contribution in [1.82, 2.24) is 15.2 Å². The molecule has 0 atom stereocenters. The van der Waals surface area contributed by atoms with E-state index in [-0.39, 0.29) is 16.9 Å². The van der Waals surface area contributed by atoms with Crippen LogP contribution >= 0.6 is 22.9 Å². The van der Waals surface area contributed by atoms with Gasteiger partial charge in [0, 0.05) is 22.5 Å². The molecule has 0 spiro atoms. The maximum Gasteiger partial charge on any atom is 0.262 e. The van der Waals surface area contributed by atoms with Crippen LogP contribution in [0.15, 0.2) is 23.1 Å². The minimum absolute atomic E-state index is 0.0190. The van der Waals surface area contributed by atoms with Crippen molar-refractivity contribution in [2.45, 2.75) is 26.7 Å². The Morgan fingerprint density at radius 1 is 1.33 bits per heavy atom. The molecule has 0 unspecified atom stereocenters. The quantitative estimate of drug-likeness (QED) is 0.743. The van der Waals surface area contributed by atoms with Gasteiger partial charge in [0.2, 0.25) is 10.6 Å². The number of benzene rings is 1. The molecule has 124 valence electrons. The van der Waals surface area contributed by atoms with Gasteiger partial charge in [0.25, 0.3) is 5.91 Å². The van der Waals surface area contributed by atoms with E-state index in [0.717, 1.165) is 10.6 Å². The van der Waals surface area contributed by atoms with Gasteiger partial charge < -0.3 is 4.98 Å². The molecule has 0 aliphatic carbocycles. The van der Waals surface area contributed by atoms with Crippen LogP contribution in [0.3, 0.4) is 0 Å². The van der Waals surface area contributed by atoms with E-state index >= 15 is 0 Å². The average molecular weight is 363 g/mol. The molecule has 1 amide bonds. The lowest BCUT2D eigenvalue weighted by Gasteiger charge is -2.06. The molecule has 0 aliphatic rings. The zero-order valence-electron chi connectivity index (χ0n) is 13.3. The van der Waals surface area contributed by atoms with Crippen molar-refractivity contribution < 1.29 is 4.79 Å². The summed E-state index contributed by atoms with van der Waals surface area (Å²) < 4.78 is 0. The minimum atomic E-state index is -0.516. The standard InChI is InChI=1S/C16H15ClN4O2S/c1-7(2)15-20-21-16(24-15)19-14(23)10-6-18-12-8(3)11(17)5-4-9(12)13(10)22/h4-7H,1-3H3,(H,18,22)(H,19,21,23). The molecule has 0 bridgehead atoms. The smallest absolute Gasteiger partial charge is 0.262 e. The number of aryl methyl sites for hydroxylation is 1. The number of hydrogen-bond acceptors (Lipinski definition) is 5. The van der Waals surface area contributed by atoms with Crippen molar-refractivity contribution in [3.05, 3.63) is 49.7 Å². The number of anilines is 1. The molecule has 6 nitrogen and oxygen atoms in total. The Labute approximate surface area is 146 Å². The van der Waals surface area contributed by atoms with E-state index < -0.39 is 5.91 Å². The summed E-state index contributed by atoms with van der Waals surface area (Å²) in [7, 11) is 0. The Kier molecular flexibility index (Phi) is 4.38. The van der Waals surface area contributed by atoms with E-state index in [0.29, 0.717) is 21.1 Å². The van der Waals surface area contributed by atoms with Crippen LogP contribution in [0.4, 0.5) is 5.13 Å². The molecule has 3 rings (SSSR count). The number of pyridine rings is 1. The van der Waals surface area contributed by atoms with Gasteiger partial charge in [-0.2, -0.15) is 0 Å². The number of nitrogens with zero attached hydrogens (tertiary/aromatic N) is 2. The molecular formula is C16H15ClN4O2S. The molecule has 1 aromatic carbocycles. The number of halogens is 1. The number of nitrogens with one attached hydrogen (secondary N) is 2. The molecule has 0 aliphatic heterocycles. The van der Waals surface area contributed by atoms with E-state index in [1.165, 1.54) is 17.5 Å². The van der Waals surface area contributed by atoms with Crippen molar-refractivity contribution in [2.24, 2.45) is 0 Å². The molecule has 3 aromatic rings. The lowest BCUT2D eigenvalue weighted by molar-refractivity contribution is 0.102. The lowest BCUT2D eigenvalue weighted by atomic mass is 10.1. The zero-order valence-corrected chi connectivity index (χ0v) is 14.9. The predicted molar refractivity (Wildman–Crippen MR) is 96.3 cm³/mol. The summed E-state index contributed by atoms with van der Waals surface area (Å²) in [4.78, 5) is 28.0. The van der Waals surface area contributed by atoms with Crippen molar-refractivity contribution >= 4 is 44.9 Å². The SMILES string of the molecule is Cc1c(Cl)ccc2c(=O)c(C(=O)Nc3nnc(C(C)C)s3)c[nH]c12. The summed E-state index contributed by atoms with van der Waals surface area (Å²) in [6.45, 7) is 5.80. The number of aromatic nitrogens is 3. The topological polar surface area (TPSA) is 87.7 Å². The fraction of sp³-hybridized carbons (Fsp3) is 0.250. The molecule has 0 radical (unpaired) electrons. The van der Waals surface area contributed by atoms with Crippen LogP contribution < -0.4 is 10.7 Å². The van der Waals surface area contributed by atoms with E-state index in [2.05, 4.69) is 20.5 Å². The van der Waals surface area contributed by atoms with Crippen LogP contribution in [-0.4, -0.2) is 21.1 Å². The van der Waals surface area contributed by atoms with Gasteiger partial charge in [-0.25, -0.2) is 0 Å². The largest absolute Gasteiger partial charge is 0.360 e. The second kappa shape index (κ2) is 6.33. The highest BCUT2D eigenvalue weighted by molar-refractivity contribution is 7.15. The number of carbonyl (C=O) groups excluding carboxylic acids is 1. The molecule has 0 saturated carbocycles. The Morgan fingerprint density at radius 3 is 2.75 bits per heavy atom. The second-order valence-electron chi connectivity index (χ2n) is 5.68. The third kappa shape index (κ3) is 2.92. The molecule has 2 aromatic heterocycles. The van der Waals surface area contributed by atoms with Gasteiger partial charge in [-0.1, -0.05) is 36.8 Å². The van der Waals surface area contributed by atoms with Crippen molar-refractivity contribution in [2.75, 3.05) is 5.32 Å². The third-order valence-corrected chi connectivity index (χ3v) is 5.20. The molecule has 2 N–H and O–H groups in total. The summed E-state index contributed by atoms with van der Waals surface area (Å²) in [5, 5.41) is 12.7. The Bertz CT molecular complexity index is 993. The van der Waals surface area contributed by atoms with Gasteiger partial charge in [-0.3, -0.25) is 14.9 Å². The average Bonchev–Trinajstić information content (AvgIpc) is 3.00. The summed E-state index contributed by atoms with van der Waals surface area (Å²) in [5.41, 5.74) is 1.06. The lowest BCUT2D eigenvalue weighted by Crippen LogP contribution is -2.22. The summed E-state index contributed by atoms with van der Waals surface area (Å²) in [6, 6.07) is 3.26. The van der Waals surface area contributed by atoms with E-state index in [1.807, 2.05) is 20.8 Å². The van der Waals surface area contributed by atoms with E-state index in [4.69, 9.17) is 11.6 Å². The van der Waals surface area contributed by atoms with Crippen molar-refractivity contribution in [3.8, 4) is 0 Å². The normalized spacial score (nSPS) is 11.2. The highest BCUT2D eigenvalue weighted by Crippen LogP contribution is 2.24. The Balaban J connectivity index is 1.96. The molecule has 8 heteroatoms. The first-order valence-corrected chi connectivity index (χ1v) is 8.53. The van der Waals surface area contributed by atoms with Crippen molar-refractivity contribution in [3.63, 3.8) is 0 Å². The van der Waals surface area contributed by atoms with E-state index in [1.54, 1.807) is 12.1 Å². The monoisotopic (exact) mass is 362 g/mol. The summed E-state index contributed by atoms with van der Waals surface area (Å²) >= 11 is 7.36. The maximum atomic E-state index is 12.6. The molecular weight excluding hydrogens is 348 g/mol. The van der Waals surface area contributed by atoms with Gasteiger partial charge in [0.15, 0.2) is 0 Å². The first-order chi connectivity index (χ1) is 11.4. The number of rotatable bonds is 3. The van der Waals surface area contributed by atoms with Crippen molar-refractivity contribution in [1.29, 1.82) is 0 Å². The van der Waals surface area contributed by atoms with Gasteiger partial charge >= 0.3 is 0 Å². The minimum Gasteiger partial charge on any atom is -0.360 e.